The molecule has 1 N–H and O–H groups in total. The van der Waals surface area contributed by atoms with Crippen LogP contribution in [0.15, 0.2) is 53.0 Å². The van der Waals surface area contributed by atoms with Crippen LogP contribution in [0.2, 0.25) is 0 Å². The molecule has 2 aromatic rings. The minimum Gasteiger partial charge on any atom is -0.449 e. The van der Waals surface area contributed by atoms with Crippen molar-refractivity contribution in [2.24, 2.45) is 0 Å². The quantitative estimate of drug-likeness (QED) is 0.668. The monoisotopic (exact) mass is 419 g/mol. The number of anilines is 1. The van der Waals surface area contributed by atoms with Crippen LogP contribution in [0.3, 0.4) is 0 Å². The van der Waals surface area contributed by atoms with Gasteiger partial charge in [-0.15, -0.1) is 0 Å². The number of ether oxygens (including phenoxy) is 2. The first-order chi connectivity index (χ1) is 12.3. The molecule has 0 aliphatic carbocycles. The Labute approximate surface area is 161 Å². The largest absolute Gasteiger partial charge is 0.449 e. The second-order valence-corrected chi connectivity index (χ2v) is 7.02. The molecule has 1 atom stereocenters. The summed E-state index contributed by atoms with van der Waals surface area (Å²) in [5, 5.41) is 2.71. The van der Waals surface area contributed by atoms with E-state index in [0.717, 1.165) is 10.0 Å². The van der Waals surface area contributed by atoms with Crippen molar-refractivity contribution in [3.63, 3.8) is 0 Å². The number of amides is 1. The van der Waals surface area contributed by atoms with Crippen LogP contribution in [0.4, 0.5) is 5.69 Å². The number of rotatable bonds is 7. The molecule has 0 aromatic heterocycles. The molecular weight excluding hydrogens is 398 g/mol. The van der Waals surface area contributed by atoms with Crippen molar-refractivity contribution in [1.82, 2.24) is 0 Å². The average molecular weight is 420 g/mol. The highest BCUT2D eigenvalue weighted by Gasteiger charge is 2.19. The first kappa shape index (κ1) is 20.1. The number of carbonyl (C=O) groups excluding carboxylic acids is 2. The SMILES string of the molecule is CC(C)OCc1ccc(C(=O)O[C@H](C)C(=O)Nc2cccc(Br)c2)cc1. The number of nitrogens with one attached hydrogen (secondary N) is 1. The normalized spacial score (nSPS) is 11.9. The molecule has 0 heterocycles. The molecule has 138 valence electrons. The summed E-state index contributed by atoms with van der Waals surface area (Å²) in [7, 11) is 0. The topological polar surface area (TPSA) is 64.6 Å². The van der Waals surface area contributed by atoms with E-state index < -0.39 is 18.0 Å². The minimum absolute atomic E-state index is 0.143. The van der Waals surface area contributed by atoms with Crippen LogP contribution >= 0.6 is 15.9 Å². The molecule has 0 radical (unpaired) electrons. The fraction of sp³-hybridized carbons (Fsp3) is 0.300. The van der Waals surface area contributed by atoms with Gasteiger partial charge >= 0.3 is 5.97 Å². The van der Waals surface area contributed by atoms with E-state index in [1.807, 2.05) is 32.0 Å². The number of hydrogen-bond donors (Lipinski definition) is 1. The van der Waals surface area contributed by atoms with Gasteiger partial charge < -0.3 is 14.8 Å². The first-order valence-electron chi connectivity index (χ1n) is 8.33. The molecule has 0 spiro atoms. The standard InChI is InChI=1S/C20H22BrNO4/c1-13(2)25-12-15-7-9-16(10-8-15)20(24)26-14(3)19(23)22-18-6-4-5-17(21)11-18/h4-11,13-14H,12H2,1-3H3,(H,22,23)/t14-/m1/s1. The summed E-state index contributed by atoms with van der Waals surface area (Å²) in [5.74, 6) is -0.934. The van der Waals surface area contributed by atoms with E-state index in [1.165, 1.54) is 6.92 Å². The molecule has 5 nitrogen and oxygen atoms in total. The number of esters is 1. The van der Waals surface area contributed by atoms with E-state index in [2.05, 4.69) is 21.2 Å². The van der Waals surface area contributed by atoms with Crippen LogP contribution in [0, 0.1) is 0 Å². The predicted molar refractivity (Wildman–Crippen MR) is 104 cm³/mol. The summed E-state index contributed by atoms with van der Waals surface area (Å²) in [5.41, 5.74) is 1.98. The second kappa shape index (κ2) is 9.50. The molecule has 0 fully saturated rings. The van der Waals surface area contributed by atoms with Crippen molar-refractivity contribution in [3.05, 3.63) is 64.1 Å². The Bertz CT molecular complexity index is 759. The van der Waals surface area contributed by atoms with Crippen molar-refractivity contribution in [1.29, 1.82) is 0 Å². The van der Waals surface area contributed by atoms with Crippen molar-refractivity contribution in [2.45, 2.75) is 39.6 Å². The highest BCUT2D eigenvalue weighted by Crippen LogP contribution is 2.16. The molecule has 6 heteroatoms. The Hall–Kier alpha value is -2.18. The predicted octanol–water partition coefficient (Wildman–Crippen LogP) is 4.56. The van der Waals surface area contributed by atoms with Crippen LogP contribution < -0.4 is 5.32 Å². The third-order valence-corrected chi connectivity index (χ3v) is 4.01. The number of carbonyl (C=O) groups is 2. The van der Waals surface area contributed by atoms with Crippen molar-refractivity contribution in [3.8, 4) is 0 Å². The summed E-state index contributed by atoms with van der Waals surface area (Å²) in [6, 6.07) is 14.1. The molecule has 2 aromatic carbocycles. The Morgan fingerprint density at radius 3 is 2.38 bits per heavy atom. The maximum atomic E-state index is 12.2. The van der Waals surface area contributed by atoms with E-state index in [9.17, 15) is 9.59 Å². The van der Waals surface area contributed by atoms with Crippen molar-refractivity contribution >= 4 is 33.5 Å². The van der Waals surface area contributed by atoms with Gasteiger partial charge in [-0.3, -0.25) is 4.79 Å². The Morgan fingerprint density at radius 1 is 1.08 bits per heavy atom. The molecule has 1 amide bonds. The molecular formula is C20H22BrNO4. The lowest BCUT2D eigenvalue weighted by Gasteiger charge is -2.14. The molecule has 0 bridgehead atoms. The zero-order valence-electron chi connectivity index (χ0n) is 15.0. The van der Waals surface area contributed by atoms with Crippen molar-refractivity contribution in [2.75, 3.05) is 5.32 Å². The Balaban J connectivity index is 1.90. The highest BCUT2D eigenvalue weighted by molar-refractivity contribution is 9.10. The minimum atomic E-state index is -0.912. The highest BCUT2D eigenvalue weighted by atomic mass is 79.9. The fourth-order valence-corrected chi connectivity index (χ4v) is 2.49. The number of hydrogen-bond acceptors (Lipinski definition) is 4. The molecule has 0 unspecified atom stereocenters. The summed E-state index contributed by atoms with van der Waals surface area (Å²) < 4.78 is 11.6. The lowest BCUT2D eigenvalue weighted by molar-refractivity contribution is -0.123. The summed E-state index contributed by atoms with van der Waals surface area (Å²) in [6.45, 7) is 5.95. The third-order valence-electron chi connectivity index (χ3n) is 3.52. The third kappa shape index (κ3) is 6.28. The fourth-order valence-electron chi connectivity index (χ4n) is 2.09. The van der Waals surface area contributed by atoms with E-state index in [1.54, 1.807) is 30.3 Å². The maximum Gasteiger partial charge on any atom is 0.338 e. The van der Waals surface area contributed by atoms with Gasteiger partial charge in [0.15, 0.2) is 6.10 Å². The van der Waals surface area contributed by atoms with Gasteiger partial charge in [0.05, 0.1) is 18.3 Å². The Morgan fingerprint density at radius 2 is 1.77 bits per heavy atom. The maximum absolute atomic E-state index is 12.2. The molecule has 0 saturated heterocycles. The van der Waals surface area contributed by atoms with Crippen LogP contribution in [0.25, 0.3) is 0 Å². The van der Waals surface area contributed by atoms with Gasteiger partial charge in [-0.2, -0.15) is 0 Å². The van der Waals surface area contributed by atoms with Gasteiger partial charge in [-0.1, -0.05) is 34.1 Å². The average Bonchev–Trinajstić information content (AvgIpc) is 2.60. The van der Waals surface area contributed by atoms with E-state index in [0.29, 0.717) is 17.9 Å². The lowest BCUT2D eigenvalue weighted by atomic mass is 10.1. The van der Waals surface area contributed by atoms with Gasteiger partial charge in [-0.05, 0) is 56.7 Å². The molecule has 2 rings (SSSR count). The van der Waals surface area contributed by atoms with E-state index in [-0.39, 0.29) is 6.10 Å². The van der Waals surface area contributed by atoms with Gasteiger partial charge in [0, 0.05) is 10.2 Å². The van der Waals surface area contributed by atoms with Gasteiger partial charge in [0.2, 0.25) is 0 Å². The van der Waals surface area contributed by atoms with Crippen LogP contribution in [0.5, 0.6) is 0 Å². The second-order valence-electron chi connectivity index (χ2n) is 6.10. The van der Waals surface area contributed by atoms with E-state index in [4.69, 9.17) is 9.47 Å². The lowest BCUT2D eigenvalue weighted by Crippen LogP contribution is -2.30. The summed E-state index contributed by atoms with van der Waals surface area (Å²) >= 11 is 3.34. The first-order valence-corrected chi connectivity index (χ1v) is 9.12. The number of benzene rings is 2. The Kier molecular flexibility index (Phi) is 7.36. The van der Waals surface area contributed by atoms with Crippen LogP contribution in [-0.2, 0) is 20.9 Å². The van der Waals surface area contributed by atoms with Crippen LogP contribution in [-0.4, -0.2) is 24.1 Å². The molecule has 26 heavy (non-hydrogen) atoms. The molecule has 0 aliphatic rings. The zero-order chi connectivity index (χ0) is 19.1. The molecule has 0 aliphatic heterocycles. The van der Waals surface area contributed by atoms with E-state index >= 15 is 0 Å². The van der Waals surface area contributed by atoms with Crippen molar-refractivity contribution < 1.29 is 19.1 Å². The van der Waals surface area contributed by atoms with Gasteiger partial charge in [0.25, 0.3) is 5.91 Å². The summed E-state index contributed by atoms with van der Waals surface area (Å²) in [6.07, 6.45) is -0.769. The zero-order valence-corrected chi connectivity index (χ0v) is 16.6. The summed E-state index contributed by atoms with van der Waals surface area (Å²) in [4.78, 5) is 24.4. The number of halogens is 1. The van der Waals surface area contributed by atoms with Gasteiger partial charge in [0.1, 0.15) is 0 Å². The van der Waals surface area contributed by atoms with Crippen LogP contribution in [0.1, 0.15) is 36.7 Å². The van der Waals surface area contributed by atoms with Gasteiger partial charge in [-0.25, -0.2) is 4.79 Å². The smallest absolute Gasteiger partial charge is 0.338 e. The molecule has 0 saturated carbocycles.